The molecule has 0 aliphatic carbocycles. The smallest absolute Gasteiger partial charge is 0.138 e. The summed E-state index contributed by atoms with van der Waals surface area (Å²) in [6, 6.07) is 1.91. The average Bonchev–Trinajstić information content (AvgIpc) is 2.28. The van der Waals surface area contributed by atoms with Gasteiger partial charge in [-0.2, -0.15) is 0 Å². The molecule has 2 nitrogen and oxygen atoms in total. The standard InChI is InChI=1S/C15H20ClNO/c1-15(2,3)7-9-18-14-10-13(11-17-12-14)6-4-5-8-16/h10-12H,5,7-9H2,1-3H3. The predicted molar refractivity (Wildman–Crippen MR) is 76.0 cm³/mol. The third-order valence-electron chi connectivity index (χ3n) is 2.29. The molecule has 1 aromatic heterocycles. The molecule has 0 aromatic carbocycles. The minimum atomic E-state index is 0.283. The van der Waals surface area contributed by atoms with E-state index in [2.05, 4.69) is 37.6 Å². The van der Waals surface area contributed by atoms with Crippen LogP contribution >= 0.6 is 11.6 Å². The first kappa shape index (κ1) is 14.9. The second-order valence-corrected chi connectivity index (χ2v) is 5.69. The zero-order valence-corrected chi connectivity index (χ0v) is 12.0. The Morgan fingerprint density at radius 3 is 2.78 bits per heavy atom. The first-order valence-corrected chi connectivity index (χ1v) is 6.67. The molecule has 1 rings (SSSR count). The molecule has 1 aromatic rings. The van der Waals surface area contributed by atoms with Gasteiger partial charge in [0.25, 0.3) is 0 Å². The van der Waals surface area contributed by atoms with Crippen molar-refractivity contribution in [1.29, 1.82) is 0 Å². The Bertz CT molecular complexity index is 426. The van der Waals surface area contributed by atoms with E-state index in [0.717, 1.165) is 17.7 Å². The number of ether oxygens (including phenoxy) is 1. The summed E-state index contributed by atoms with van der Waals surface area (Å²) in [5.41, 5.74) is 1.15. The Hall–Kier alpha value is -1.20. The lowest BCUT2D eigenvalue weighted by Gasteiger charge is -2.17. The number of aromatic nitrogens is 1. The van der Waals surface area contributed by atoms with Gasteiger partial charge in [0.2, 0.25) is 0 Å². The van der Waals surface area contributed by atoms with Crippen LogP contribution in [0.4, 0.5) is 0 Å². The highest BCUT2D eigenvalue weighted by molar-refractivity contribution is 6.18. The summed E-state index contributed by atoms with van der Waals surface area (Å²) in [4.78, 5) is 4.12. The van der Waals surface area contributed by atoms with Gasteiger partial charge in [-0.3, -0.25) is 4.98 Å². The molecule has 0 atom stereocenters. The molecule has 0 fully saturated rings. The third kappa shape index (κ3) is 6.51. The van der Waals surface area contributed by atoms with Crippen LogP contribution in [0, 0.1) is 17.3 Å². The molecule has 0 bridgehead atoms. The molecule has 0 aliphatic heterocycles. The van der Waals surface area contributed by atoms with Crippen LogP contribution in [0.15, 0.2) is 18.5 Å². The summed E-state index contributed by atoms with van der Waals surface area (Å²) >= 11 is 5.57. The van der Waals surface area contributed by atoms with Gasteiger partial charge in [0.1, 0.15) is 5.75 Å². The largest absolute Gasteiger partial charge is 0.492 e. The van der Waals surface area contributed by atoms with Crippen molar-refractivity contribution in [2.45, 2.75) is 33.6 Å². The fraction of sp³-hybridized carbons (Fsp3) is 0.533. The molecule has 18 heavy (non-hydrogen) atoms. The molecule has 1 heterocycles. The predicted octanol–water partition coefficient (Wildman–Crippen LogP) is 3.88. The van der Waals surface area contributed by atoms with E-state index in [4.69, 9.17) is 16.3 Å². The summed E-state index contributed by atoms with van der Waals surface area (Å²) in [7, 11) is 0. The normalized spacial score (nSPS) is 10.7. The Morgan fingerprint density at radius 1 is 1.33 bits per heavy atom. The highest BCUT2D eigenvalue weighted by atomic mass is 35.5. The molecule has 3 heteroatoms. The average molecular weight is 266 g/mol. The van der Waals surface area contributed by atoms with Crippen molar-refractivity contribution in [3.05, 3.63) is 24.0 Å². The van der Waals surface area contributed by atoms with E-state index in [1.54, 1.807) is 12.4 Å². The summed E-state index contributed by atoms with van der Waals surface area (Å²) < 4.78 is 5.67. The van der Waals surface area contributed by atoms with E-state index >= 15 is 0 Å². The monoisotopic (exact) mass is 265 g/mol. The zero-order chi connectivity index (χ0) is 13.4. The number of nitrogens with zero attached hydrogens (tertiary/aromatic N) is 1. The number of hydrogen-bond donors (Lipinski definition) is 0. The molecular weight excluding hydrogens is 246 g/mol. The first-order valence-electron chi connectivity index (χ1n) is 6.14. The molecule has 0 unspecified atom stereocenters. The molecule has 0 amide bonds. The van der Waals surface area contributed by atoms with E-state index < -0.39 is 0 Å². The Kier molecular flexibility index (Phi) is 6.01. The number of halogens is 1. The number of pyridine rings is 1. The fourth-order valence-electron chi connectivity index (χ4n) is 1.25. The minimum absolute atomic E-state index is 0.283. The van der Waals surface area contributed by atoms with Crippen molar-refractivity contribution in [2.24, 2.45) is 5.41 Å². The molecule has 0 N–H and O–H groups in total. The van der Waals surface area contributed by atoms with E-state index in [0.29, 0.717) is 18.9 Å². The lowest BCUT2D eigenvalue weighted by molar-refractivity contribution is 0.242. The van der Waals surface area contributed by atoms with Gasteiger partial charge in [0.15, 0.2) is 0 Å². The first-order chi connectivity index (χ1) is 8.51. The van der Waals surface area contributed by atoms with Crippen molar-refractivity contribution >= 4 is 11.6 Å². The molecule has 0 aliphatic rings. The van der Waals surface area contributed by atoms with Crippen LogP contribution in [-0.4, -0.2) is 17.5 Å². The molecular formula is C15H20ClNO. The lowest BCUT2D eigenvalue weighted by atomic mass is 9.93. The van der Waals surface area contributed by atoms with E-state index in [9.17, 15) is 0 Å². The summed E-state index contributed by atoms with van der Waals surface area (Å²) in [5, 5.41) is 0. The molecule has 0 saturated carbocycles. The van der Waals surface area contributed by atoms with Crippen molar-refractivity contribution < 1.29 is 4.74 Å². The van der Waals surface area contributed by atoms with E-state index in [1.807, 2.05) is 6.07 Å². The quantitative estimate of drug-likeness (QED) is 0.609. The van der Waals surface area contributed by atoms with Gasteiger partial charge in [0.05, 0.1) is 12.8 Å². The van der Waals surface area contributed by atoms with Crippen LogP contribution in [0.3, 0.4) is 0 Å². The van der Waals surface area contributed by atoms with E-state index in [1.165, 1.54) is 0 Å². The Balaban J connectivity index is 2.53. The summed E-state index contributed by atoms with van der Waals surface area (Å²) in [6.45, 7) is 7.29. The van der Waals surface area contributed by atoms with E-state index in [-0.39, 0.29) is 5.41 Å². The maximum absolute atomic E-state index is 5.67. The van der Waals surface area contributed by atoms with Crippen molar-refractivity contribution in [2.75, 3.05) is 12.5 Å². The van der Waals surface area contributed by atoms with Crippen molar-refractivity contribution in [1.82, 2.24) is 4.98 Å². The lowest BCUT2D eigenvalue weighted by Crippen LogP contribution is -2.11. The minimum Gasteiger partial charge on any atom is -0.492 e. The third-order valence-corrected chi connectivity index (χ3v) is 2.48. The Morgan fingerprint density at radius 2 is 2.11 bits per heavy atom. The highest BCUT2D eigenvalue weighted by Crippen LogP contribution is 2.19. The van der Waals surface area contributed by atoms with Gasteiger partial charge >= 0.3 is 0 Å². The van der Waals surface area contributed by atoms with Crippen LogP contribution in [-0.2, 0) is 0 Å². The van der Waals surface area contributed by atoms with Crippen LogP contribution in [0.2, 0.25) is 0 Å². The maximum Gasteiger partial charge on any atom is 0.138 e. The Labute approximate surface area is 115 Å². The highest BCUT2D eigenvalue weighted by Gasteiger charge is 2.09. The summed E-state index contributed by atoms with van der Waals surface area (Å²) in [5.74, 6) is 7.33. The number of hydrogen-bond acceptors (Lipinski definition) is 2. The number of rotatable bonds is 4. The zero-order valence-electron chi connectivity index (χ0n) is 11.3. The van der Waals surface area contributed by atoms with Gasteiger partial charge < -0.3 is 4.74 Å². The topological polar surface area (TPSA) is 22.1 Å². The van der Waals surface area contributed by atoms with Crippen LogP contribution in [0.5, 0.6) is 5.75 Å². The summed E-state index contributed by atoms with van der Waals surface area (Å²) in [6.07, 6.45) is 5.15. The molecule has 0 spiro atoms. The number of alkyl halides is 1. The van der Waals surface area contributed by atoms with Crippen LogP contribution < -0.4 is 4.74 Å². The second-order valence-electron chi connectivity index (χ2n) is 5.31. The second kappa shape index (κ2) is 7.28. The van der Waals surface area contributed by atoms with Gasteiger partial charge in [0, 0.05) is 24.1 Å². The molecule has 98 valence electrons. The van der Waals surface area contributed by atoms with Crippen molar-refractivity contribution in [3.63, 3.8) is 0 Å². The fourth-order valence-corrected chi connectivity index (χ4v) is 1.35. The van der Waals surface area contributed by atoms with Crippen molar-refractivity contribution in [3.8, 4) is 17.6 Å². The SMILES string of the molecule is CC(C)(C)CCOc1cncc(C#CCCCl)c1. The van der Waals surface area contributed by atoms with Gasteiger partial charge in [-0.15, -0.1) is 11.6 Å². The van der Waals surface area contributed by atoms with Crippen LogP contribution in [0.1, 0.15) is 39.2 Å². The molecule has 0 saturated heterocycles. The van der Waals surface area contributed by atoms with Gasteiger partial charge in [-0.25, -0.2) is 0 Å². The maximum atomic E-state index is 5.67. The van der Waals surface area contributed by atoms with Gasteiger partial charge in [-0.05, 0) is 17.9 Å². The molecule has 0 radical (unpaired) electrons. The van der Waals surface area contributed by atoms with Gasteiger partial charge in [-0.1, -0.05) is 32.6 Å². The van der Waals surface area contributed by atoms with Crippen LogP contribution in [0.25, 0.3) is 0 Å².